The van der Waals surface area contributed by atoms with Crippen molar-refractivity contribution in [2.75, 3.05) is 11.9 Å². The van der Waals surface area contributed by atoms with Crippen LogP contribution >= 0.6 is 0 Å². The number of carboxylic acids is 1. The molecule has 1 rings (SSSR count). The molecular weight excluding hydrogens is 222 g/mol. The van der Waals surface area contributed by atoms with Crippen molar-refractivity contribution >= 4 is 17.6 Å². The monoisotopic (exact) mass is 235 g/mol. The van der Waals surface area contributed by atoms with Crippen molar-refractivity contribution in [1.29, 1.82) is 0 Å². The summed E-state index contributed by atoms with van der Waals surface area (Å²) in [5, 5.41) is 11.1. The van der Waals surface area contributed by atoms with Crippen molar-refractivity contribution in [3.8, 4) is 5.75 Å². The van der Waals surface area contributed by atoms with E-state index in [1.165, 1.54) is 6.08 Å². The van der Waals surface area contributed by atoms with E-state index in [2.05, 4.69) is 5.32 Å². The van der Waals surface area contributed by atoms with Crippen LogP contribution in [0.25, 0.3) is 0 Å². The van der Waals surface area contributed by atoms with Crippen molar-refractivity contribution in [3.63, 3.8) is 0 Å². The molecule has 90 valence electrons. The van der Waals surface area contributed by atoms with Gasteiger partial charge in [0.05, 0.1) is 0 Å². The maximum absolute atomic E-state index is 11.2. The lowest BCUT2D eigenvalue weighted by Crippen LogP contribution is -2.10. The molecule has 0 heterocycles. The summed E-state index contributed by atoms with van der Waals surface area (Å²) in [5.74, 6) is -0.807. The number of nitrogens with one attached hydrogen (secondary N) is 1. The number of benzene rings is 1. The minimum Gasteiger partial charge on any atom is -0.482 e. The molecule has 0 unspecified atom stereocenters. The molecule has 2 N–H and O–H groups in total. The van der Waals surface area contributed by atoms with E-state index in [1.807, 2.05) is 0 Å². The van der Waals surface area contributed by atoms with E-state index in [4.69, 9.17) is 9.84 Å². The Balaban J connectivity index is 2.55. The second-order valence-corrected chi connectivity index (χ2v) is 3.20. The summed E-state index contributed by atoms with van der Waals surface area (Å²) in [6.45, 7) is 1.37. The Bertz CT molecular complexity index is 423. The van der Waals surface area contributed by atoms with Crippen LogP contribution in [0.3, 0.4) is 0 Å². The number of anilines is 1. The highest BCUT2D eigenvalue weighted by atomic mass is 16.5. The van der Waals surface area contributed by atoms with Gasteiger partial charge in [0.25, 0.3) is 0 Å². The Morgan fingerprint density at radius 3 is 2.53 bits per heavy atom. The number of amides is 1. The van der Waals surface area contributed by atoms with Gasteiger partial charge in [0.2, 0.25) is 5.91 Å². The number of hydrogen-bond donors (Lipinski definition) is 2. The standard InChI is InChI=1S/C12H13NO4/c1-2-3-11(14)13-9-4-6-10(7-5-9)17-8-12(15)16/h2-7H,8H2,1H3,(H,13,14)(H,15,16)/b3-2+. The molecule has 0 bridgehead atoms. The molecule has 1 amide bonds. The smallest absolute Gasteiger partial charge is 0.341 e. The van der Waals surface area contributed by atoms with Gasteiger partial charge in [-0.3, -0.25) is 4.79 Å². The fourth-order valence-corrected chi connectivity index (χ4v) is 1.11. The first-order valence-electron chi connectivity index (χ1n) is 5.00. The number of rotatable bonds is 5. The summed E-state index contributed by atoms with van der Waals surface area (Å²) in [7, 11) is 0. The topological polar surface area (TPSA) is 75.6 Å². The summed E-state index contributed by atoms with van der Waals surface area (Å²) < 4.78 is 4.95. The second-order valence-electron chi connectivity index (χ2n) is 3.20. The van der Waals surface area contributed by atoms with Gasteiger partial charge in [-0.1, -0.05) is 6.08 Å². The molecule has 0 saturated carbocycles. The zero-order valence-electron chi connectivity index (χ0n) is 9.34. The van der Waals surface area contributed by atoms with Crippen LogP contribution in [-0.2, 0) is 9.59 Å². The molecule has 0 atom stereocenters. The van der Waals surface area contributed by atoms with Crippen molar-refractivity contribution in [2.45, 2.75) is 6.92 Å². The molecule has 0 spiro atoms. The van der Waals surface area contributed by atoms with Crippen LogP contribution < -0.4 is 10.1 Å². The fourth-order valence-electron chi connectivity index (χ4n) is 1.11. The van der Waals surface area contributed by atoms with E-state index >= 15 is 0 Å². The molecule has 0 saturated heterocycles. The number of hydrogen-bond acceptors (Lipinski definition) is 3. The normalized spacial score (nSPS) is 10.2. The first kappa shape index (κ1) is 12.8. The molecule has 0 fully saturated rings. The molecule has 5 heteroatoms. The third-order valence-corrected chi connectivity index (χ3v) is 1.80. The predicted octanol–water partition coefficient (Wildman–Crippen LogP) is 1.66. The summed E-state index contributed by atoms with van der Waals surface area (Å²) in [4.78, 5) is 21.5. The third-order valence-electron chi connectivity index (χ3n) is 1.80. The Hall–Kier alpha value is -2.30. The predicted molar refractivity (Wildman–Crippen MR) is 63.0 cm³/mol. The minimum absolute atomic E-state index is 0.216. The van der Waals surface area contributed by atoms with E-state index < -0.39 is 5.97 Å². The van der Waals surface area contributed by atoms with Gasteiger partial charge in [-0.2, -0.15) is 0 Å². The number of carbonyl (C=O) groups is 2. The summed E-state index contributed by atoms with van der Waals surface area (Å²) in [6, 6.07) is 6.46. The van der Waals surface area contributed by atoms with Gasteiger partial charge in [0.15, 0.2) is 6.61 Å². The number of aliphatic carboxylic acids is 1. The van der Waals surface area contributed by atoms with Gasteiger partial charge in [0, 0.05) is 5.69 Å². The summed E-state index contributed by atoms with van der Waals surface area (Å²) >= 11 is 0. The van der Waals surface area contributed by atoms with Crippen LogP contribution in [0.4, 0.5) is 5.69 Å². The van der Waals surface area contributed by atoms with Gasteiger partial charge in [-0.15, -0.1) is 0 Å². The number of allylic oxidation sites excluding steroid dienone is 1. The SMILES string of the molecule is C/C=C/C(=O)Nc1ccc(OCC(=O)O)cc1. The zero-order chi connectivity index (χ0) is 12.7. The zero-order valence-corrected chi connectivity index (χ0v) is 9.34. The van der Waals surface area contributed by atoms with Crippen LogP contribution in [0.1, 0.15) is 6.92 Å². The van der Waals surface area contributed by atoms with Crippen molar-refractivity contribution in [2.24, 2.45) is 0 Å². The Morgan fingerprint density at radius 2 is 2.00 bits per heavy atom. The highest BCUT2D eigenvalue weighted by Gasteiger charge is 2.00. The molecule has 0 aromatic heterocycles. The van der Waals surface area contributed by atoms with Crippen LogP contribution in [0, 0.1) is 0 Å². The van der Waals surface area contributed by atoms with Crippen LogP contribution in [0.2, 0.25) is 0 Å². The Morgan fingerprint density at radius 1 is 1.35 bits per heavy atom. The molecule has 0 aliphatic carbocycles. The first-order chi connectivity index (χ1) is 8.11. The van der Waals surface area contributed by atoms with Crippen LogP contribution in [0.5, 0.6) is 5.75 Å². The van der Waals surface area contributed by atoms with Crippen LogP contribution in [-0.4, -0.2) is 23.6 Å². The third kappa shape index (κ3) is 4.83. The van der Waals surface area contributed by atoms with E-state index in [9.17, 15) is 9.59 Å². The molecular formula is C12H13NO4. The number of carbonyl (C=O) groups excluding carboxylic acids is 1. The molecule has 0 radical (unpaired) electrons. The Kier molecular flexibility index (Phi) is 4.75. The van der Waals surface area contributed by atoms with Gasteiger partial charge in [0.1, 0.15) is 5.75 Å². The van der Waals surface area contributed by atoms with Crippen molar-refractivity contribution in [1.82, 2.24) is 0 Å². The van der Waals surface area contributed by atoms with Gasteiger partial charge >= 0.3 is 5.97 Å². The maximum Gasteiger partial charge on any atom is 0.341 e. The number of carboxylic acid groups (broad SMARTS) is 1. The molecule has 1 aromatic rings. The summed E-state index contributed by atoms with van der Waals surface area (Å²) in [5.41, 5.74) is 0.621. The minimum atomic E-state index is -1.03. The van der Waals surface area contributed by atoms with E-state index in [-0.39, 0.29) is 12.5 Å². The van der Waals surface area contributed by atoms with Crippen molar-refractivity contribution < 1.29 is 19.4 Å². The van der Waals surface area contributed by atoms with E-state index in [1.54, 1.807) is 37.3 Å². The van der Waals surface area contributed by atoms with Crippen LogP contribution in [0.15, 0.2) is 36.4 Å². The van der Waals surface area contributed by atoms with E-state index in [0.29, 0.717) is 11.4 Å². The highest BCUT2D eigenvalue weighted by Crippen LogP contribution is 2.15. The van der Waals surface area contributed by atoms with Gasteiger partial charge in [-0.25, -0.2) is 4.79 Å². The largest absolute Gasteiger partial charge is 0.482 e. The second kappa shape index (κ2) is 6.32. The average Bonchev–Trinajstić information content (AvgIpc) is 2.28. The molecule has 5 nitrogen and oxygen atoms in total. The quantitative estimate of drug-likeness (QED) is 0.761. The highest BCUT2D eigenvalue weighted by molar-refractivity contribution is 5.99. The summed E-state index contributed by atoms with van der Waals surface area (Å²) in [6.07, 6.45) is 3.05. The molecule has 0 aliphatic rings. The first-order valence-corrected chi connectivity index (χ1v) is 5.00. The average molecular weight is 235 g/mol. The van der Waals surface area contributed by atoms with Gasteiger partial charge < -0.3 is 15.2 Å². The molecule has 1 aromatic carbocycles. The molecule has 0 aliphatic heterocycles. The lowest BCUT2D eigenvalue weighted by atomic mass is 10.3. The number of ether oxygens (including phenoxy) is 1. The maximum atomic E-state index is 11.2. The van der Waals surface area contributed by atoms with Gasteiger partial charge in [-0.05, 0) is 37.3 Å². The fraction of sp³-hybridized carbons (Fsp3) is 0.167. The Labute approximate surface area is 98.7 Å². The molecule has 17 heavy (non-hydrogen) atoms. The lowest BCUT2D eigenvalue weighted by molar-refractivity contribution is -0.139. The van der Waals surface area contributed by atoms with E-state index in [0.717, 1.165) is 0 Å². The lowest BCUT2D eigenvalue weighted by Gasteiger charge is -2.05. The van der Waals surface area contributed by atoms with Crippen molar-refractivity contribution in [3.05, 3.63) is 36.4 Å².